The van der Waals surface area contributed by atoms with Gasteiger partial charge in [-0.2, -0.15) is 0 Å². The van der Waals surface area contributed by atoms with Gasteiger partial charge in [-0.25, -0.2) is 0 Å². The second-order valence-electron chi connectivity index (χ2n) is 6.37. The lowest BCUT2D eigenvalue weighted by Crippen LogP contribution is -2.12. The predicted molar refractivity (Wildman–Crippen MR) is 90.7 cm³/mol. The van der Waals surface area contributed by atoms with E-state index in [0.29, 0.717) is 28.9 Å². The van der Waals surface area contributed by atoms with E-state index in [9.17, 15) is 9.90 Å². The smallest absolute Gasteiger partial charge is 0.153 e. The van der Waals surface area contributed by atoms with Crippen molar-refractivity contribution in [3.8, 4) is 28.4 Å². The fourth-order valence-electron chi connectivity index (χ4n) is 2.49. The van der Waals surface area contributed by atoms with Gasteiger partial charge in [-0.05, 0) is 35.2 Å². The van der Waals surface area contributed by atoms with Gasteiger partial charge in [-0.1, -0.05) is 26.8 Å². The van der Waals surface area contributed by atoms with Gasteiger partial charge >= 0.3 is 0 Å². The van der Waals surface area contributed by atoms with Gasteiger partial charge in [-0.3, -0.25) is 4.79 Å². The van der Waals surface area contributed by atoms with Crippen molar-refractivity contribution in [2.24, 2.45) is 0 Å². The average Bonchev–Trinajstić information content (AvgIpc) is 2.53. The van der Waals surface area contributed by atoms with Crippen molar-refractivity contribution < 1.29 is 19.4 Å². The summed E-state index contributed by atoms with van der Waals surface area (Å²) in [7, 11) is 3.12. The monoisotopic (exact) mass is 314 g/mol. The van der Waals surface area contributed by atoms with Crippen molar-refractivity contribution in [2.45, 2.75) is 26.2 Å². The molecule has 0 saturated carbocycles. The van der Waals surface area contributed by atoms with Crippen molar-refractivity contribution >= 4 is 6.29 Å². The molecule has 2 aromatic carbocycles. The highest BCUT2D eigenvalue weighted by Crippen LogP contribution is 2.45. The number of hydrogen-bond acceptors (Lipinski definition) is 4. The van der Waals surface area contributed by atoms with Crippen molar-refractivity contribution in [1.29, 1.82) is 0 Å². The summed E-state index contributed by atoms with van der Waals surface area (Å²) in [5.41, 5.74) is 2.17. The summed E-state index contributed by atoms with van der Waals surface area (Å²) < 4.78 is 10.8. The Hall–Kier alpha value is -2.49. The van der Waals surface area contributed by atoms with E-state index in [1.807, 2.05) is 12.1 Å². The maximum absolute atomic E-state index is 11.4. The lowest BCUT2D eigenvalue weighted by Gasteiger charge is -2.22. The van der Waals surface area contributed by atoms with E-state index in [4.69, 9.17) is 9.47 Å². The minimum atomic E-state index is -0.171. The van der Waals surface area contributed by atoms with E-state index in [0.717, 1.165) is 5.56 Å². The SMILES string of the molecule is COc1cccc(OC)c1-c1cc(C(C)(C)C)cc(C=O)c1O. The van der Waals surface area contributed by atoms with Crippen molar-refractivity contribution in [1.82, 2.24) is 0 Å². The molecule has 0 heterocycles. The first-order valence-corrected chi connectivity index (χ1v) is 7.37. The second-order valence-corrected chi connectivity index (χ2v) is 6.37. The van der Waals surface area contributed by atoms with Gasteiger partial charge in [0.1, 0.15) is 17.2 Å². The average molecular weight is 314 g/mol. The maximum Gasteiger partial charge on any atom is 0.153 e. The van der Waals surface area contributed by atoms with Crippen LogP contribution in [0.1, 0.15) is 36.7 Å². The molecule has 2 aromatic rings. The van der Waals surface area contributed by atoms with Gasteiger partial charge in [0.25, 0.3) is 0 Å². The molecule has 0 atom stereocenters. The third-order valence-electron chi connectivity index (χ3n) is 3.83. The normalized spacial score (nSPS) is 11.2. The first-order valence-electron chi connectivity index (χ1n) is 7.37. The number of methoxy groups -OCH3 is 2. The maximum atomic E-state index is 11.4. The largest absolute Gasteiger partial charge is 0.507 e. The van der Waals surface area contributed by atoms with Crippen LogP contribution in [0.3, 0.4) is 0 Å². The Morgan fingerprint density at radius 2 is 1.61 bits per heavy atom. The van der Waals surface area contributed by atoms with E-state index >= 15 is 0 Å². The van der Waals surface area contributed by atoms with Crippen LogP contribution < -0.4 is 9.47 Å². The topological polar surface area (TPSA) is 55.8 Å². The third-order valence-corrected chi connectivity index (χ3v) is 3.83. The Morgan fingerprint density at radius 1 is 1.04 bits per heavy atom. The number of hydrogen-bond donors (Lipinski definition) is 1. The summed E-state index contributed by atoms with van der Waals surface area (Å²) >= 11 is 0. The number of ether oxygens (including phenoxy) is 2. The number of aromatic hydroxyl groups is 1. The van der Waals surface area contributed by atoms with E-state index < -0.39 is 0 Å². The molecule has 0 fully saturated rings. The van der Waals surface area contributed by atoms with Gasteiger partial charge in [0.2, 0.25) is 0 Å². The Balaban J connectivity index is 2.85. The summed E-state index contributed by atoms with van der Waals surface area (Å²) in [6.45, 7) is 6.16. The minimum Gasteiger partial charge on any atom is -0.507 e. The molecule has 122 valence electrons. The van der Waals surface area contributed by atoms with Crippen molar-refractivity contribution in [3.63, 3.8) is 0 Å². The molecule has 0 aromatic heterocycles. The predicted octanol–water partition coefficient (Wildman–Crippen LogP) is 4.19. The molecular weight excluding hydrogens is 292 g/mol. The highest BCUT2D eigenvalue weighted by atomic mass is 16.5. The van der Waals surface area contributed by atoms with Crippen LogP contribution in [0.15, 0.2) is 30.3 Å². The third kappa shape index (κ3) is 3.16. The Labute approximate surface area is 136 Å². The number of rotatable bonds is 4. The molecular formula is C19H22O4. The molecule has 0 spiro atoms. The number of phenols is 1. The molecule has 4 heteroatoms. The summed E-state index contributed by atoms with van der Waals surface area (Å²) in [5, 5.41) is 10.5. The quantitative estimate of drug-likeness (QED) is 0.860. The molecule has 0 bridgehead atoms. The highest BCUT2D eigenvalue weighted by Gasteiger charge is 2.23. The van der Waals surface area contributed by atoms with E-state index in [2.05, 4.69) is 20.8 Å². The Kier molecular flexibility index (Phi) is 4.64. The number of benzene rings is 2. The molecule has 0 amide bonds. The zero-order valence-corrected chi connectivity index (χ0v) is 14.1. The Bertz CT molecular complexity index is 705. The number of phenolic OH excluding ortho intramolecular Hbond substituents is 1. The molecule has 0 aliphatic heterocycles. The molecule has 0 aliphatic rings. The van der Waals surface area contributed by atoms with E-state index in [1.54, 1.807) is 32.4 Å². The van der Waals surface area contributed by atoms with Crippen LogP contribution in [0.4, 0.5) is 0 Å². The second kappa shape index (κ2) is 6.32. The van der Waals surface area contributed by atoms with Crippen LogP contribution >= 0.6 is 0 Å². The van der Waals surface area contributed by atoms with Crippen LogP contribution in [-0.4, -0.2) is 25.6 Å². The molecule has 4 nitrogen and oxygen atoms in total. The Morgan fingerprint density at radius 3 is 2.04 bits per heavy atom. The molecule has 0 radical (unpaired) electrons. The molecule has 2 rings (SSSR count). The highest BCUT2D eigenvalue weighted by molar-refractivity contribution is 5.90. The van der Waals surface area contributed by atoms with Crippen LogP contribution in [0.25, 0.3) is 11.1 Å². The zero-order chi connectivity index (χ0) is 17.2. The zero-order valence-electron chi connectivity index (χ0n) is 14.1. The summed E-state index contributed by atoms with van der Waals surface area (Å²) in [4.78, 5) is 11.4. The first kappa shape index (κ1) is 16.9. The first-order chi connectivity index (χ1) is 10.8. The van der Waals surface area contributed by atoms with Crippen molar-refractivity contribution in [3.05, 3.63) is 41.5 Å². The van der Waals surface area contributed by atoms with Gasteiger partial charge < -0.3 is 14.6 Å². The van der Waals surface area contributed by atoms with Crippen LogP contribution in [0, 0.1) is 0 Å². The summed E-state index contributed by atoms with van der Waals surface area (Å²) in [5.74, 6) is 1.07. The fourth-order valence-corrected chi connectivity index (χ4v) is 2.49. The molecule has 23 heavy (non-hydrogen) atoms. The van der Waals surface area contributed by atoms with Gasteiger partial charge in [0, 0.05) is 5.56 Å². The van der Waals surface area contributed by atoms with Crippen LogP contribution in [-0.2, 0) is 5.41 Å². The lowest BCUT2D eigenvalue weighted by molar-refractivity contribution is 0.112. The van der Waals surface area contributed by atoms with Crippen LogP contribution in [0.5, 0.6) is 17.2 Å². The molecule has 0 saturated heterocycles. The standard InChI is InChI=1S/C19H22O4/c1-19(2,3)13-9-12(11-20)18(21)14(10-13)17-15(22-4)7-6-8-16(17)23-5/h6-11,21H,1-5H3. The number of carbonyl (C=O) groups excluding carboxylic acids is 1. The summed E-state index contributed by atoms with van der Waals surface area (Å²) in [6.07, 6.45) is 0.663. The fraction of sp³-hybridized carbons (Fsp3) is 0.316. The number of aldehydes is 1. The molecule has 0 aliphatic carbocycles. The van der Waals surface area contributed by atoms with Gasteiger partial charge in [-0.15, -0.1) is 0 Å². The van der Waals surface area contributed by atoms with Crippen LogP contribution in [0.2, 0.25) is 0 Å². The van der Waals surface area contributed by atoms with Gasteiger partial charge in [0.05, 0.1) is 25.3 Å². The van der Waals surface area contributed by atoms with E-state index in [-0.39, 0.29) is 16.7 Å². The van der Waals surface area contributed by atoms with Crippen molar-refractivity contribution in [2.75, 3.05) is 14.2 Å². The lowest BCUT2D eigenvalue weighted by atomic mass is 9.83. The molecule has 1 N–H and O–H groups in total. The minimum absolute atomic E-state index is 0.0733. The van der Waals surface area contributed by atoms with Gasteiger partial charge in [0.15, 0.2) is 6.29 Å². The summed E-state index contributed by atoms with van der Waals surface area (Å²) in [6, 6.07) is 8.99. The molecule has 0 unspecified atom stereocenters. The number of carbonyl (C=O) groups is 1. The van der Waals surface area contributed by atoms with E-state index in [1.165, 1.54) is 0 Å².